The predicted octanol–water partition coefficient (Wildman–Crippen LogP) is 1.37. The summed E-state index contributed by atoms with van der Waals surface area (Å²) >= 11 is 0. The number of benzene rings is 1. The average molecular weight is 361 g/mol. The molecule has 0 saturated carbocycles. The van der Waals surface area contributed by atoms with Gasteiger partial charge in [0.05, 0.1) is 24.3 Å². The fourth-order valence-corrected chi connectivity index (χ4v) is 4.16. The molecule has 3 heterocycles. The second kappa shape index (κ2) is 5.12. The number of aliphatic hydroxyl groups excluding tert-OH is 1. The second-order valence-corrected chi connectivity index (χ2v) is 7.20. The Morgan fingerprint density at radius 2 is 2.12 bits per heavy atom. The Morgan fingerprint density at radius 3 is 2.88 bits per heavy atom. The minimum absolute atomic E-state index is 0.0700. The first-order chi connectivity index (χ1) is 12.4. The number of ether oxygens (including phenoxy) is 5. The van der Waals surface area contributed by atoms with E-state index in [1.54, 1.807) is 19.9 Å². The molecule has 138 valence electrons. The normalized spacial score (nSPS) is 28.1. The van der Waals surface area contributed by atoms with E-state index < -0.39 is 24.1 Å². The zero-order valence-corrected chi connectivity index (χ0v) is 14.6. The summed E-state index contributed by atoms with van der Waals surface area (Å²) in [6.07, 6.45) is -1.50. The summed E-state index contributed by atoms with van der Waals surface area (Å²) in [6.45, 7) is 3.65. The van der Waals surface area contributed by atoms with Crippen molar-refractivity contribution in [3.63, 3.8) is 0 Å². The zero-order valence-electron chi connectivity index (χ0n) is 14.6. The molecule has 1 aromatic carbocycles. The quantitative estimate of drug-likeness (QED) is 0.791. The summed E-state index contributed by atoms with van der Waals surface area (Å²) in [7, 11) is 1.48. The Balaban J connectivity index is 1.81. The Morgan fingerprint density at radius 1 is 1.31 bits per heavy atom. The van der Waals surface area contributed by atoms with Gasteiger partial charge < -0.3 is 33.8 Å². The molecular weight excluding hydrogens is 342 g/mol. The molecule has 26 heavy (non-hydrogen) atoms. The van der Waals surface area contributed by atoms with E-state index in [1.807, 2.05) is 0 Å². The van der Waals surface area contributed by atoms with Crippen LogP contribution in [0.4, 0.5) is 0 Å². The molecule has 1 aromatic heterocycles. The molecule has 3 atom stereocenters. The number of aromatic nitrogens is 1. The number of pyridine rings is 1. The van der Waals surface area contributed by atoms with E-state index in [9.17, 15) is 9.90 Å². The third-order valence-electron chi connectivity index (χ3n) is 5.16. The fourth-order valence-electron chi connectivity index (χ4n) is 4.16. The van der Waals surface area contributed by atoms with Gasteiger partial charge in [-0.1, -0.05) is 0 Å². The Labute approximate surface area is 148 Å². The van der Waals surface area contributed by atoms with Gasteiger partial charge in [-0.3, -0.25) is 4.79 Å². The second-order valence-electron chi connectivity index (χ2n) is 7.20. The van der Waals surface area contributed by atoms with Crippen LogP contribution in [0.15, 0.2) is 10.9 Å². The first-order valence-corrected chi connectivity index (χ1v) is 8.48. The summed E-state index contributed by atoms with van der Waals surface area (Å²) in [4.78, 5) is 15.8. The molecule has 0 amide bonds. The molecule has 8 nitrogen and oxygen atoms in total. The van der Waals surface area contributed by atoms with Crippen LogP contribution in [0.25, 0.3) is 10.8 Å². The molecule has 2 aliphatic heterocycles. The van der Waals surface area contributed by atoms with Crippen LogP contribution >= 0.6 is 0 Å². The molecular formula is C18H19NO7. The van der Waals surface area contributed by atoms with Crippen LogP contribution in [0.1, 0.15) is 31.2 Å². The van der Waals surface area contributed by atoms with E-state index in [0.29, 0.717) is 40.1 Å². The lowest BCUT2D eigenvalue weighted by molar-refractivity contribution is -0.154. The number of hydrogen-bond donors (Lipinski definition) is 2. The Bertz CT molecular complexity index is 980. The van der Waals surface area contributed by atoms with Gasteiger partial charge in [-0.05, 0) is 25.5 Å². The van der Waals surface area contributed by atoms with Crippen LogP contribution in [0.2, 0.25) is 0 Å². The van der Waals surface area contributed by atoms with Gasteiger partial charge in [0.25, 0.3) is 5.56 Å². The highest BCUT2D eigenvalue weighted by Gasteiger charge is 2.50. The van der Waals surface area contributed by atoms with E-state index in [-0.39, 0.29) is 12.4 Å². The van der Waals surface area contributed by atoms with E-state index in [0.717, 1.165) is 5.56 Å². The smallest absolute Gasteiger partial charge is 0.260 e. The Hall–Kier alpha value is -2.29. The van der Waals surface area contributed by atoms with E-state index in [1.165, 1.54) is 7.11 Å². The maximum Gasteiger partial charge on any atom is 0.260 e. The number of H-pyrrole nitrogens is 1. The number of aromatic amines is 1. The lowest BCUT2D eigenvalue weighted by Gasteiger charge is -2.30. The summed E-state index contributed by atoms with van der Waals surface area (Å²) in [5.41, 5.74) is 1.12. The lowest BCUT2D eigenvalue weighted by Crippen LogP contribution is -2.39. The molecule has 1 fully saturated rings. The van der Waals surface area contributed by atoms with Gasteiger partial charge >= 0.3 is 0 Å². The number of fused-ring (bicyclic) bond motifs is 6. The predicted molar refractivity (Wildman–Crippen MR) is 89.7 cm³/mol. The molecule has 1 aliphatic carbocycles. The highest BCUT2D eigenvalue weighted by molar-refractivity contribution is 5.95. The largest absolute Gasteiger partial charge is 0.492 e. The first kappa shape index (κ1) is 15.9. The molecule has 3 aliphatic rings. The molecule has 2 aromatic rings. The number of aliphatic hydroxyl groups is 1. The zero-order chi connectivity index (χ0) is 18.2. The third kappa shape index (κ3) is 2.03. The molecule has 5 rings (SSSR count). The summed E-state index contributed by atoms with van der Waals surface area (Å²) in [6, 6.07) is 1.77. The molecule has 0 spiro atoms. The van der Waals surface area contributed by atoms with Gasteiger partial charge in [0.1, 0.15) is 12.2 Å². The van der Waals surface area contributed by atoms with Crippen LogP contribution in [0.5, 0.6) is 17.2 Å². The molecule has 0 radical (unpaired) electrons. The minimum atomic E-state index is -0.837. The van der Waals surface area contributed by atoms with Crippen molar-refractivity contribution in [2.45, 2.75) is 44.4 Å². The van der Waals surface area contributed by atoms with Crippen molar-refractivity contribution < 1.29 is 28.8 Å². The van der Waals surface area contributed by atoms with Gasteiger partial charge in [-0.2, -0.15) is 0 Å². The van der Waals surface area contributed by atoms with E-state index in [4.69, 9.17) is 23.7 Å². The number of methoxy groups -OCH3 is 1. The SMILES string of the molecule is COc1c2c(cc3c4c([nH]c(=O)c13)[C@@H]1OC(C)(C)O[C@@H]1[C@@H](O)C4)OCO2. The van der Waals surface area contributed by atoms with Crippen molar-refractivity contribution in [1.82, 2.24) is 4.98 Å². The first-order valence-electron chi connectivity index (χ1n) is 8.48. The summed E-state index contributed by atoms with van der Waals surface area (Å²) in [5.74, 6) is 0.430. The maximum atomic E-state index is 12.9. The standard InChI is InChI=1S/C18H19NO7/c1-18(2)25-13-9(20)4-8-7-5-10-14(24-6-23-10)15(22-3)11(7)17(21)19-12(8)16(13)26-18/h5,9,13,16,20H,4,6H2,1-3H3,(H,19,21)/t9-,13+,16-/m0/s1. The molecule has 2 N–H and O–H groups in total. The maximum absolute atomic E-state index is 12.9. The Kier molecular flexibility index (Phi) is 3.14. The van der Waals surface area contributed by atoms with Crippen molar-refractivity contribution in [3.8, 4) is 17.2 Å². The van der Waals surface area contributed by atoms with Crippen molar-refractivity contribution in [2.24, 2.45) is 0 Å². The van der Waals surface area contributed by atoms with E-state index >= 15 is 0 Å². The number of rotatable bonds is 1. The molecule has 8 heteroatoms. The van der Waals surface area contributed by atoms with Gasteiger partial charge in [0, 0.05) is 11.8 Å². The molecule has 0 unspecified atom stereocenters. The number of nitrogens with one attached hydrogen (secondary N) is 1. The van der Waals surface area contributed by atoms with Crippen molar-refractivity contribution in [3.05, 3.63) is 27.7 Å². The van der Waals surface area contributed by atoms with Gasteiger partial charge in [0.15, 0.2) is 17.3 Å². The van der Waals surface area contributed by atoms with Crippen molar-refractivity contribution in [2.75, 3.05) is 13.9 Å². The van der Waals surface area contributed by atoms with Gasteiger partial charge in [-0.15, -0.1) is 0 Å². The fraction of sp³-hybridized carbons (Fsp3) is 0.500. The topological polar surface area (TPSA) is 99.2 Å². The average Bonchev–Trinajstić information content (AvgIpc) is 3.18. The summed E-state index contributed by atoms with van der Waals surface area (Å²) in [5, 5.41) is 11.7. The highest BCUT2D eigenvalue weighted by atomic mass is 16.8. The summed E-state index contributed by atoms with van der Waals surface area (Å²) < 4.78 is 28.2. The molecule has 0 bridgehead atoms. The van der Waals surface area contributed by atoms with Crippen molar-refractivity contribution >= 4 is 10.8 Å². The van der Waals surface area contributed by atoms with Crippen LogP contribution in [-0.2, 0) is 15.9 Å². The van der Waals surface area contributed by atoms with Gasteiger partial charge in [-0.25, -0.2) is 0 Å². The van der Waals surface area contributed by atoms with Crippen molar-refractivity contribution in [1.29, 1.82) is 0 Å². The lowest BCUT2D eigenvalue weighted by atomic mass is 9.86. The van der Waals surface area contributed by atoms with Crippen LogP contribution in [0.3, 0.4) is 0 Å². The highest BCUT2D eigenvalue weighted by Crippen LogP contribution is 2.49. The van der Waals surface area contributed by atoms with Crippen LogP contribution in [-0.4, -0.2) is 42.0 Å². The minimum Gasteiger partial charge on any atom is -0.492 e. The number of hydrogen-bond acceptors (Lipinski definition) is 7. The van der Waals surface area contributed by atoms with Gasteiger partial charge in [0.2, 0.25) is 12.5 Å². The third-order valence-corrected chi connectivity index (χ3v) is 5.16. The van der Waals surface area contributed by atoms with Crippen LogP contribution in [0, 0.1) is 0 Å². The van der Waals surface area contributed by atoms with Crippen LogP contribution < -0.4 is 19.8 Å². The van der Waals surface area contributed by atoms with E-state index in [2.05, 4.69) is 4.98 Å². The monoisotopic (exact) mass is 361 g/mol. The molecule has 1 saturated heterocycles.